The highest BCUT2D eigenvalue weighted by Crippen LogP contribution is 2.30. The number of hydrogen-bond acceptors (Lipinski definition) is 7. The Bertz CT molecular complexity index is 1510. The molecule has 6 rings (SSSR count). The molecule has 0 radical (unpaired) electrons. The van der Waals surface area contributed by atoms with Gasteiger partial charge in [-0.05, 0) is 66.8 Å². The molecule has 224 valence electrons. The van der Waals surface area contributed by atoms with Crippen LogP contribution in [0.15, 0.2) is 52.3 Å². The predicted octanol–water partition coefficient (Wildman–Crippen LogP) is 2.90. The number of aliphatic hydroxyl groups excluding tert-OH is 1. The molecule has 0 aliphatic carbocycles. The van der Waals surface area contributed by atoms with E-state index in [0.29, 0.717) is 35.1 Å². The number of fused-ring (bicyclic) bond motifs is 1. The van der Waals surface area contributed by atoms with Gasteiger partial charge in [0.1, 0.15) is 24.0 Å². The number of carbonyl (C=O) groups is 1. The van der Waals surface area contributed by atoms with Crippen molar-refractivity contribution in [3.63, 3.8) is 0 Å². The molecule has 3 aliphatic rings. The summed E-state index contributed by atoms with van der Waals surface area (Å²) in [6, 6.07) is 14.4. The summed E-state index contributed by atoms with van der Waals surface area (Å²) >= 11 is 0. The van der Waals surface area contributed by atoms with Crippen LogP contribution in [0.3, 0.4) is 0 Å². The molecule has 1 unspecified atom stereocenters. The van der Waals surface area contributed by atoms with Gasteiger partial charge in [-0.2, -0.15) is 4.99 Å². The standard InChI is InChI=1S/C31H40N6O4S/c1-21-9-13-37(14-10-21)31-34-28(39)20-42(31)19-22-5-7-24(8-6-22)36-15-11-23(12-16-36)32-17-25(38)18-41-27-4-2-3-26-29(27)35-30(40)33-26/h2-8,19,21,23,25,32,38H,9-18,20H2,1H3,(H2,33,35,40)/t25-,42?/m0/s1. The molecule has 42 heavy (non-hydrogen) atoms. The number of likely N-dealkylation sites (tertiary alicyclic amines) is 1. The zero-order valence-corrected chi connectivity index (χ0v) is 24.9. The van der Waals surface area contributed by atoms with E-state index in [1.54, 1.807) is 12.1 Å². The minimum Gasteiger partial charge on any atom is -0.489 e. The van der Waals surface area contributed by atoms with Gasteiger partial charge in [0, 0.05) is 44.5 Å². The number of aromatic nitrogens is 2. The van der Waals surface area contributed by atoms with Gasteiger partial charge in [0.2, 0.25) is 0 Å². The number of ether oxygens (including phenoxy) is 1. The van der Waals surface area contributed by atoms with Crippen LogP contribution in [-0.4, -0.2) is 93.6 Å². The Kier molecular flexibility index (Phi) is 8.78. The fourth-order valence-electron chi connectivity index (χ4n) is 5.89. The van der Waals surface area contributed by atoms with Gasteiger partial charge in [-0.1, -0.05) is 25.1 Å². The first-order valence-electron chi connectivity index (χ1n) is 14.9. The van der Waals surface area contributed by atoms with E-state index >= 15 is 0 Å². The van der Waals surface area contributed by atoms with Crippen molar-refractivity contribution in [2.75, 3.05) is 50.0 Å². The zero-order chi connectivity index (χ0) is 29.1. The lowest BCUT2D eigenvalue weighted by Crippen LogP contribution is -2.45. The van der Waals surface area contributed by atoms with Crippen molar-refractivity contribution in [3.8, 4) is 5.75 Å². The fourth-order valence-corrected chi connectivity index (χ4v) is 7.76. The largest absolute Gasteiger partial charge is 0.489 e. The van der Waals surface area contributed by atoms with Crippen molar-refractivity contribution in [3.05, 3.63) is 58.5 Å². The molecular weight excluding hydrogens is 552 g/mol. The molecule has 1 amide bonds. The number of nitrogens with zero attached hydrogens (tertiary/aromatic N) is 3. The number of rotatable bonds is 8. The number of anilines is 1. The van der Waals surface area contributed by atoms with Crippen LogP contribution in [-0.2, 0) is 4.79 Å². The topological polar surface area (TPSA) is 126 Å². The van der Waals surface area contributed by atoms with Gasteiger partial charge in [-0.3, -0.25) is 4.79 Å². The normalized spacial score (nSPS) is 21.3. The number of benzene rings is 2. The number of hydrogen-bond donors (Lipinski definition) is 4. The van der Waals surface area contributed by atoms with E-state index in [-0.39, 0.29) is 28.7 Å². The number of amides is 1. The van der Waals surface area contributed by atoms with E-state index in [1.807, 2.05) is 6.07 Å². The van der Waals surface area contributed by atoms with Crippen molar-refractivity contribution in [2.24, 2.45) is 10.9 Å². The third kappa shape index (κ3) is 6.79. The van der Waals surface area contributed by atoms with Gasteiger partial charge in [-0.25, -0.2) is 4.79 Å². The Labute approximate surface area is 248 Å². The summed E-state index contributed by atoms with van der Waals surface area (Å²) in [5.41, 5.74) is 3.36. The van der Waals surface area contributed by atoms with Crippen molar-refractivity contribution in [1.29, 1.82) is 0 Å². The second kappa shape index (κ2) is 12.8. The molecular formula is C31H40N6O4S. The van der Waals surface area contributed by atoms with Crippen molar-refractivity contribution >= 4 is 43.6 Å². The first-order chi connectivity index (χ1) is 20.4. The monoisotopic (exact) mass is 592 g/mol. The minimum absolute atomic E-state index is 0.00301. The molecule has 2 fully saturated rings. The van der Waals surface area contributed by atoms with Crippen LogP contribution < -0.4 is 20.6 Å². The molecule has 2 aromatic carbocycles. The molecule has 0 saturated carbocycles. The molecule has 2 atom stereocenters. The molecule has 3 aliphatic heterocycles. The van der Waals surface area contributed by atoms with E-state index < -0.39 is 6.10 Å². The van der Waals surface area contributed by atoms with Gasteiger partial charge in [-0.15, -0.1) is 10.5 Å². The van der Waals surface area contributed by atoms with E-state index in [9.17, 15) is 14.7 Å². The zero-order valence-electron chi connectivity index (χ0n) is 24.1. The lowest BCUT2D eigenvalue weighted by molar-refractivity contribution is -0.115. The maximum absolute atomic E-state index is 12.2. The van der Waals surface area contributed by atoms with Crippen LogP contribution in [0.2, 0.25) is 0 Å². The Morgan fingerprint density at radius 3 is 2.55 bits per heavy atom. The second-order valence-electron chi connectivity index (χ2n) is 11.6. The summed E-state index contributed by atoms with van der Waals surface area (Å²) in [4.78, 5) is 38.4. The number of imidazole rings is 1. The molecule has 4 heterocycles. The number of piperidine rings is 2. The molecule has 0 spiro atoms. The fraction of sp³-hybridized carbons (Fsp3) is 0.484. The molecule has 3 aromatic rings. The van der Waals surface area contributed by atoms with Crippen LogP contribution in [0.25, 0.3) is 11.0 Å². The molecule has 1 aromatic heterocycles. The third-order valence-corrected chi connectivity index (χ3v) is 10.3. The summed E-state index contributed by atoms with van der Waals surface area (Å²) in [6.07, 6.45) is 3.65. The Morgan fingerprint density at radius 1 is 1.05 bits per heavy atom. The van der Waals surface area contributed by atoms with Crippen molar-refractivity contribution in [2.45, 2.75) is 44.8 Å². The maximum atomic E-state index is 12.2. The highest BCUT2D eigenvalue weighted by Gasteiger charge is 2.27. The van der Waals surface area contributed by atoms with Crippen molar-refractivity contribution in [1.82, 2.24) is 20.2 Å². The Hall–Kier alpha value is -3.41. The lowest BCUT2D eigenvalue weighted by Gasteiger charge is -2.34. The number of aliphatic imine (C=N–C) groups is 1. The number of H-pyrrole nitrogens is 2. The van der Waals surface area contributed by atoms with Crippen LogP contribution in [0.1, 0.15) is 38.2 Å². The highest BCUT2D eigenvalue weighted by atomic mass is 32.2. The van der Waals surface area contributed by atoms with Gasteiger partial charge in [0.15, 0.2) is 5.17 Å². The molecule has 0 bridgehead atoms. The first-order valence-corrected chi connectivity index (χ1v) is 16.4. The van der Waals surface area contributed by atoms with Crippen LogP contribution in [0.4, 0.5) is 5.69 Å². The molecule has 10 nitrogen and oxygen atoms in total. The SMILES string of the molecule is CC1CCN(C2=NC(=O)CS2=Cc2ccc(N3CCC(NC[C@H](O)COc4cccc5[nH]c(=O)[nH]c45)CC3)cc2)CC1. The average Bonchev–Trinajstić information content (AvgIpc) is 3.57. The first kappa shape index (κ1) is 28.7. The summed E-state index contributed by atoms with van der Waals surface area (Å²) in [6.45, 7) is 6.76. The van der Waals surface area contributed by atoms with E-state index in [1.165, 1.54) is 5.69 Å². The van der Waals surface area contributed by atoms with E-state index in [0.717, 1.165) is 68.5 Å². The number of para-hydroxylation sites is 1. The van der Waals surface area contributed by atoms with Gasteiger partial charge < -0.3 is 34.9 Å². The maximum Gasteiger partial charge on any atom is 0.323 e. The number of nitrogens with one attached hydrogen (secondary N) is 3. The summed E-state index contributed by atoms with van der Waals surface area (Å²) in [7, 11) is -0.261. The molecule has 11 heteroatoms. The van der Waals surface area contributed by atoms with Gasteiger partial charge >= 0.3 is 5.69 Å². The second-order valence-corrected chi connectivity index (χ2v) is 13.4. The number of aliphatic hydroxyl groups is 1. The predicted molar refractivity (Wildman–Crippen MR) is 170 cm³/mol. The van der Waals surface area contributed by atoms with Crippen molar-refractivity contribution < 1.29 is 14.6 Å². The van der Waals surface area contributed by atoms with Gasteiger partial charge in [0.05, 0.1) is 11.3 Å². The summed E-state index contributed by atoms with van der Waals surface area (Å²) in [5.74, 6) is 1.79. The number of amidine groups is 1. The number of aromatic amines is 2. The Balaban J connectivity index is 0.961. The van der Waals surface area contributed by atoms with E-state index in [2.05, 4.69) is 66.6 Å². The average molecular weight is 593 g/mol. The van der Waals surface area contributed by atoms with Gasteiger partial charge in [0.25, 0.3) is 5.91 Å². The van der Waals surface area contributed by atoms with Crippen LogP contribution in [0, 0.1) is 5.92 Å². The van der Waals surface area contributed by atoms with Crippen LogP contribution in [0.5, 0.6) is 5.75 Å². The van der Waals surface area contributed by atoms with E-state index in [4.69, 9.17) is 4.74 Å². The Morgan fingerprint density at radius 2 is 1.79 bits per heavy atom. The van der Waals surface area contributed by atoms with Crippen LogP contribution >= 0.6 is 10.5 Å². The highest BCUT2D eigenvalue weighted by molar-refractivity contribution is 8.28. The summed E-state index contributed by atoms with van der Waals surface area (Å²) < 4.78 is 5.79. The summed E-state index contributed by atoms with van der Waals surface area (Å²) in [5, 5.41) is 17.2. The smallest absolute Gasteiger partial charge is 0.323 e. The number of carbonyl (C=O) groups excluding carboxylic acids is 1. The lowest BCUT2D eigenvalue weighted by atomic mass is 10.00. The quantitative estimate of drug-likeness (QED) is 0.297. The third-order valence-electron chi connectivity index (χ3n) is 8.41. The minimum atomic E-state index is -0.660. The molecule has 4 N–H and O–H groups in total. The molecule has 2 saturated heterocycles.